The Morgan fingerprint density at radius 1 is 1.31 bits per heavy atom. The van der Waals surface area contributed by atoms with E-state index in [0.717, 1.165) is 25.7 Å². The molecule has 2 aliphatic rings. The highest BCUT2D eigenvalue weighted by Crippen LogP contribution is 2.23. The molecule has 7 nitrogen and oxygen atoms in total. The number of rotatable bonds is 7. The molecule has 0 saturated carbocycles. The van der Waals surface area contributed by atoms with Crippen LogP contribution >= 0.6 is 11.6 Å². The fraction of sp³-hybridized carbons (Fsp3) is 0.632. The highest BCUT2D eigenvalue weighted by Gasteiger charge is 2.35. The van der Waals surface area contributed by atoms with E-state index in [0.29, 0.717) is 39.1 Å². The van der Waals surface area contributed by atoms with Gasteiger partial charge in [0.15, 0.2) is 0 Å². The molecule has 0 aliphatic carbocycles. The Kier molecular flexibility index (Phi) is 7.50. The normalized spacial score (nSPS) is 21.1. The quantitative estimate of drug-likeness (QED) is 0.636. The molecule has 29 heavy (non-hydrogen) atoms. The van der Waals surface area contributed by atoms with Crippen LogP contribution in [-0.4, -0.2) is 93.2 Å². The summed E-state index contributed by atoms with van der Waals surface area (Å²) in [5.74, 6) is -1.09. The van der Waals surface area contributed by atoms with Crippen molar-refractivity contribution in [2.24, 2.45) is 0 Å². The summed E-state index contributed by atoms with van der Waals surface area (Å²) in [5, 5.41) is 0.284. The molecule has 1 aromatic carbocycles. The van der Waals surface area contributed by atoms with Crippen molar-refractivity contribution in [3.05, 3.63) is 34.6 Å². The largest absolute Gasteiger partial charge is 0.379 e. The number of nitrogens with zero attached hydrogens (tertiary/aromatic N) is 3. The summed E-state index contributed by atoms with van der Waals surface area (Å²) in [4.78, 5) is 16.5. The standard InChI is InChI=1S/C19H27ClFN3O4S/c1-29(26,27)24(7-2-6-22-9-11-28-12-10-22)16-5-8-23(14-16)19(25)17-13-15(20)3-4-18(17)21/h3-4,13,16H,2,5-12,14H2,1H3. The second-order valence-corrected chi connectivity index (χ2v) is 9.87. The summed E-state index contributed by atoms with van der Waals surface area (Å²) >= 11 is 5.89. The summed E-state index contributed by atoms with van der Waals surface area (Å²) in [7, 11) is -3.42. The van der Waals surface area contributed by atoms with Crippen LogP contribution in [0.15, 0.2) is 18.2 Å². The zero-order chi connectivity index (χ0) is 21.0. The van der Waals surface area contributed by atoms with Crippen LogP contribution in [-0.2, 0) is 14.8 Å². The van der Waals surface area contributed by atoms with E-state index in [1.165, 1.54) is 27.6 Å². The Morgan fingerprint density at radius 3 is 2.72 bits per heavy atom. The van der Waals surface area contributed by atoms with Crippen molar-refractivity contribution in [2.75, 3.05) is 58.7 Å². The van der Waals surface area contributed by atoms with E-state index in [9.17, 15) is 17.6 Å². The van der Waals surface area contributed by atoms with Crippen LogP contribution in [0, 0.1) is 5.82 Å². The molecular weight excluding hydrogens is 421 g/mol. The van der Waals surface area contributed by atoms with Crippen molar-refractivity contribution in [3.8, 4) is 0 Å². The second kappa shape index (κ2) is 9.70. The molecule has 1 aromatic rings. The molecule has 1 amide bonds. The minimum atomic E-state index is -3.42. The van der Waals surface area contributed by atoms with Crippen LogP contribution in [0.25, 0.3) is 0 Å². The lowest BCUT2D eigenvalue weighted by Crippen LogP contribution is -2.44. The van der Waals surface area contributed by atoms with Crippen LogP contribution in [0.5, 0.6) is 0 Å². The summed E-state index contributed by atoms with van der Waals surface area (Å²) in [5.41, 5.74) is -0.0867. The number of sulfonamides is 1. The lowest BCUT2D eigenvalue weighted by atomic mass is 10.2. The van der Waals surface area contributed by atoms with Crippen LogP contribution in [0.4, 0.5) is 4.39 Å². The second-order valence-electron chi connectivity index (χ2n) is 7.50. The lowest BCUT2D eigenvalue weighted by Gasteiger charge is -2.30. The molecule has 2 fully saturated rings. The minimum absolute atomic E-state index is 0.0867. The lowest BCUT2D eigenvalue weighted by molar-refractivity contribution is 0.0366. The fourth-order valence-corrected chi connectivity index (χ4v) is 5.23. The first-order valence-corrected chi connectivity index (χ1v) is 12.0. The SMILES string of the molecule is CS(=O)(=O)N(CCCN1CCOCC1)C1CCN(C(=O)c2cc(Cl)ccc2F)C1. The van der Waals surface area contributed by atoms with Gasteiger partial charge in [0.1, 0.15) is 5.82 Å². The number of carbonyl (C=O) groups is 1. The fourth-order valence-electron chi connectivity index (χ4n) is 3.89. The van der Waals surface area contributed by atoms with E-state index < -0.39 is 21.7 Å². The molecule has 0 N–H and O–H groups in total. The molecule has 3 rings (SSSR count). The molecule has 1 unspecified atom stereocenters. The number of hydrogen-bond acceptors (Lipinski definition) is 5. The van der Waals surface area contributed by atoms with Gasteiger partial charge >= 0.3 is 0 Å². The number of ether oxygens (including phenoxy) is 1. The minimum Gasteiger partial charge on any atom is -0.379 e. The van der Waals surface area contributed by atoms with Crippen molar-refractivity contribution in [1.29, 1.82) is 0 Å². The third-order valence-electron chi connectivity index (χ3n) is 5.40. The van der Waals surface area contributed by atoms with Crippen LogP contribution in [0.2, 0.25) is 5.02 Å². The number of amides is 1. The highest BCUT2D eigenvalue weighted by molar-refractivity contribution is 7.88. The topological polar surface area (TPSA) is 70.2 Å². The zero-order valence-corrected chi connectivity index (χ0v) is 18.1. The van der Waals surface area contributed by atoms with Gasteiger partial charge in [-0.2, -0.15) is 4.31 Å². The molecule has 10 heteroatoms. The summed E-state index contributed by atoms with van der Waals surface area (Å²) in [6, 6.07) is 3.56. The molecule has 162 valence electrons. The maximum atomic E-state index is 14.0. The number of morpholine rings is 1. The molecule has 0 spiro atoms. The molecular formula is C19H27ClFN3O4S. The van der Waals surface area contributed by atoms with Crippen LogP contribution in [0.1, 0.15) is 23.2 Å². The van der Waals surface area contributed by atoms with Gasteiger partial charge in [-0.1, -0.05) is 11.6 Å². The van der Waals surface area contributed by atoms with Gasteiger partial charge < -0.3 is 9.64 Å². The summed E-state index contributed by atoms with van der Waals surface area (Å²) in [6.07, 6.45) is 2.43. The van der Waals surface area contributed by atoms with Crippen LogP contribution in [0.3, 0.4) is 0 Å². The van der Waals surface area contributed by atoms with E-state index in [1.54, 1.807) is 0 Å². The first kappa shape index (κ1) is 22.4. The number of likely N-dealkylation sites (tertiary alicyclic amines) is 1. The predicted octanol–water partition coefficient (Wildman–Crippen LogP) is 1.68. The Balaban J connectivity index is 1.61. The van der Waals surface area contributed by atoms with Crippen molar-refractivity contribution in [1.82, 2.24) is 14.1 Å². The average Bonchev–Trinajstić information content (AvgIpc) is 3.16. The monoisotopic (exact) mass is 447 g/mol. The smallest absolute Gasteiger partial charge is 0.256 e. The molecule has 0 radical (unpaired) electrons. The maximum absolute atomic E-state index is 14.0. The van der Waals surface area contributed by atoms with Gasteiger partial charge in [0.05, 0.1) is 25.0 Å². The molecule has 0 bridgehead atoms. The average molecular weight is 448 g/mol. The maximum Gasteiger partial charge on any atom is 0.256 e. The Morgan fingerprint density at radius 2 is 2.03 bits per heavy atom. The number of carbonyl (C=O) groups excluding carboxylic acids is 1. The predicted molar refractivity (Wildman–Crippen MR) is 109 cm³/mol. The molecule has 2 saturated heterocycles. The molecule has 2 aliphatic heterocycles. The van der Waals surface area contributed by atoms with E-state index >= 15 is 0 Å². The Labute approximate surface area is 176 Å². The van der Waals surface area contributed by atoms with Crippen molar-refractivity contribution in [2.45, 2.75) is 18.9 Å². The van der Waals surface area contributed by atoms with Gasteiger partial charge in [0.2, 0.25) is 10.0 Å². The van der Waals surface area contributed by atoms with Gasteiger partial charge in [-0.15, -0.1) is 0 Å². The summed E-state index contributed by atoms with van der Waals surface area (Å²) < 4.78 is 45.6. The van der Waals surface area contributed by atoms with Gasteiger partial charge in [-0.3, -0.25) is 9.69 Å². The third-order valence-corrected chi connectivity index (χ3v) is 6.97. The zero-order valence-electron chi connectivity index (χ0n) is 16.5. The molecule has 0 aromatic heterocycles. The third kappa shape index (κ3) is 5.88. The van der Waals surface area contributed by atoms with Crippen LogP contribution < -0.4 is 0 Å². The van der Waals surface area contributed by atoms with Gasteiger partial charge in [0.25, 0.3) is 5.91 Å². The van der Waals surface area contributed by atoms with Gasteiger partial charge in [-0.05, 0) is 37.6 Å². The number of hydrogen-bond donors (Lipinski definition) is 0. The number of benzene rings is 1. The Bertz CT molecular complexity index is 833. The molecule has 1 atom stereocenters. The first-order valence-electron chi connectivity index (χ1n) is 9.77. The van der Waals surface area contributed by atoms with Gasteiger partial charge in [0, 0.05) is 43.8 Å². The van der Waals surface area contributed by atoms with Crippen molar-refractivity contribution < 1.29 is 22.3 Å². The van der Waals surface area contributed by atoms with E-state index in [-0.39, 0.29) is 23.2 Å². The van der Waals surface area contributed by atoms with E-state index in [2.05, 4.69) is 4.90 Å². The van der Waals surface area contributed by atoms with Crippen molar-refractivity contribution >= 4 is 27.5 Å². The van der Waals surface area contributed by atoms with Gasteiger partial charge in [-0.25, -0.2) is 12.8 Å². The number of halogens is 2. The summed E-state index contributed by atoms with van der Waals surface area (Å²) in [6.45, 7) is 4.95. The Hall–Kier alpha value is -1.26. The van der Waals surface area contributed by atoms with Crippen molar-refractivity contribution in [3.63, 3.8) is 0 Å². The molecule has 2 heterocycles. The first-order chi connectivity index (χ1) is 13.8. The highest BCUT2D eigenvalue weighted by atomic mass is 35.5. The van der Waals surface area contributed by atoms with E-state index in [1.807, 2.05) is 0 Å². The van der Waals surface area contributed by atoms with E-state index in [4.69, 9.17) is 16.3 Å².